The van der Waals surface area contributed by atoms with Gasteiger partial charge in [0, 0.05) is 5.92 Å². The van der Waals surface area contributed by atoms with Gasteiger partial charge in [-0.2, -0.15) is 0 Å². The van der Waals surface area contributed by atoms with Crippen molar-refractivity contribution < 1.29 is 19.1 Å². The van der Waals surface area contributed by atoms with Gasteiger partial charge in [-0.1, -0.05) is 12.2 Å². The number of hydrogen-bond acceptors (Lipinski definition) is 4. The summed E-state index contributed by atoms with van der Waals surface area (Å²) in [5.74, 6) is -1.29. The van der Waals surface area contributed by atoms with E-state index in [2.05, 4.69) is 0 Å². The number of esters is 2. The third kappa shape index (κ3) is 1.54. The molecule has 0 spiro atoms. The van der Waals surface area contributed by atoms with Crippen LogP contribution in [-0.2, 0) is 19.1 Å². The fraction of sp³-hybridized carbons (Fsp3) is 0.636. The van der Waals surface area contributed by atoms with Crippen LogP contribution in [0.1, 0.15) is 13.3 Å². The van der Waals surface area contributed by atoms with Gasteiger partial charge in [0.1, 0.15) is 6.10 Å². The van der Waals surface area contributed by atoms with E-state index in [1.165, 1.54) is 7.11 Å². The fourth-order valence-electron chi connectivity index (χ4n) is 2.42. The Morgan fingerprint density at radius 2 is 2.33 bits per heavy atom. The number of allylic oxidation sites excluding steroid dienone is 1. The van der Waals surface area contributed by atoms with Gasteiger partial charge >= 0.3 is 11.9 Å². The van der Waals surface area contributed by atoms with Crippen LogP contribution < -0.4 is 0 Å². The molecular formula is C11H14O4. The molecule has 0 saturated carbocycles. The van der Waals surface area contributed by atoms with Gasteiger partial charge < -0.3 is 9.47 Å². The largest absolute Gasteiger partial charge is 0.469 e. The summed E-state index contributed by atoms with van der Waals surface area (Å²) in [6, 6.07) is 0. The van der Waals surface area contributed by atoms with Crippen molar-refractivity contribution in [1.82, 2.24) is 0 Å². The molecule has 0 aromatic carbocycles. The summed E-state index contributed by atoms with van der Waals surface area (Å²) in [7, 11) is 1.35. The lowest BCUT2D eigenvalue weighted by Gasteiger charge is -2.25. The molecule has 0 amide bonds. The monoisotopic (exact) mass is 210 g/mol. The fourth-order valence-corrected chi connectivity index (χ4v) is 2.42. The first-order chi connectivity index (χ1) is 7.15. The minimum Gasteiger partial charge on any atom is -0.469 e. The molecule has 0 aromatic rings. The maximum absolute atomic E-state index is 11.6. The molecule has 0 radical (unpaired) electrons. The minimum absolute atomic E-state index is 0.0235. The third-order valence-electron chi connectivity index (χ3n) is 3.22. The summed E-state index contributed by atoms with van der Waals surface area (Å²) >= 11 is 0. The highest BCUT2D eigenvalue weighted by Crippen LogP contribution is 2.40. The molecule has 0 bridgehead atoms. The molecular weight excluding hydrogens is 196 g/mol. The molecule has 1 heterocycles. The summed E-state index contributed by atoms with van der Waals surface area (Å²) in [6.45, 7) is 1.85. The molecule has 1 saturated heterocycles. The molecule has 82 valence electrons. The highest BCUT2D eigenvalue weighted by atomic mass is 16.6. The number of fused-ring (bicyclic) bond motifs is 1. The van der Waals surface area contributed by atoms with Crippen LogP contribution in [0.5, 0.6) is 0 Å². The molecule has 4 heteroatoms. The molecule has 0 aromatic heterocycles. The summed E-state index contributed by atoms with van der Waals surface area (Å²) in [6.07, 6.45) is 4.34. The summed E-state index contributed by atoms with van der Waals surface area (Å²) in [5, 5.41) is 0. The van der Waals surface area contributed by atoms with Crippen molar-refractivity contribution in [2.24, 2.45) is 17.8 Å². The third-order valence-corrected chi connectivity index (χ3v) is 3.22. The Balaban J connectivity index is 2.26. The van der Waals surface area contributed by atoms with Crippen molar-refractivity contribution in [3.05, 3.63) is 12.2 Å². The summed E-state index contributed by atoms with van der Waals surface area (Å²) < 4.78 is 9.84. The van der Waals surface area contributed by atoms with Gasteiger partial charge in [-0.25, -0.2) is 0 Å². The average Bonchev–Trinajstić information content (AvgIpc) is 2.54. The second kappa shape index (κ2) is 3.68. The van der Waals surface area contributed by atoms with E-state index in [4.69, 9.17) is 9.47 Å². The molecule has 1 aliphatic heterocycles. The number of rotatable bonds is 1. The highest BCUT2D eigenvalue weighted by Gasteiger charge is 2.49. The molecule has 2 aliphatic rings. The second-order valence-electron chi connectivity index (χ2n) is 4.04. The Morgan fingerprint density at radius 1 is 1.60 bits per heavy atom. The van der Waals surface area contributed by atoms with Crippen molar-refractivity contribution in [2.75, 3.05) is 7.11 Å². The topological polar surface area (TPSA) is 52.6 Å². The van der Waals surface area contributed by atoms with Crippen LogP contribution in [0.2, 0.25) is 0 Å². The van der Waals surface area contributed by atoms with Gasteiger partial charge in [0.2, 0.25) is 0 Å². The van der Waals surface area contributed by atoms with Crippen LogP contribution in [0, 0.1) is 17.8 Å². The SMILES string of the molecule is COC(=O)[C@@H]1CC=C[C@H]2[C@@H]1C(=O)O[C@@H]2C. The predicted molar refractivity (Wildman–Crippen MR) is 51.8 cm³/mol. The Labute approximate surface area is 88.2 Å². The molecule has 15 heavy (non-hydrogen) atoms. The van der Waals surface area contributed by atoms with Crippen molar-refractivity contribution in [1.29, 1.82) is 0 Å². The molecule has 1 aliphatic carbocycles. The Morgan fingerprint density at radius 3 is 3.00 bits per heavy atom. The number of cyclic esters (lactones) is 1. The van der Waals surface area contributed by atoms with Crippen LogP contribution in [0.15, 0.2) is 12.2 Å². The zero-order valence-corrected chi connectivity index (χ0v) is 8.80. The quantitative estimate of drug-likeness (QED) is 0.477. The van der Waals surface area contributed by atoms with Crippen LogP contribution >= 0.6 is 0 Å². The Bertz CT molecular complexity index is 321. The van der Waals surface area contributed by atoms with E-state index in [9.17, 15) is 9.59 Å². The van der Waals surface area contributed by atoms with Crippen molar-refractivity contribution in [2.45, 2.75) is 19.4 Å². The molecule has 2 rings (SSSR count). The normalized spacial score (nSPS) is 38.4. The number of hydrogen-bond donors (Lipinski definition) is 0. The van der Waals surface area contributed by atoms with E-state index in [-0.39, 0.29) is 35.8 Å². The average molecular weight is 210 g/mol. The summed E-state index contributed by atoms with van der Waals surface area (Å²) in [5.41, 5.74) is 0. The lowest BCUT2D eigenvalue weighted by molar-refractivity contribution is -0.154. The Kier molecular flexibility index (Phi) is 2.50. The van der Waals surface area contributed by atoms with Gasteiger partial charge in [-0.05, 0) is 13.3 Å². The smallest absolute Gasteiger partial charge is 0.310 e. The standard InChI is InChI=1S/C11H14O4/c1-6-7-4-3-5-8(10(12)14-2)9(7)11(13)15-6/h3-4,6-9H,5H2,1-2H3/t6-,7-,8-,9+/m1/s1. The van der Waals surface area contributed by atoms with Gasteiger partial charge in [0.15, 0.2) is 0 Å². The van der Waals surface area contributed by atoms with E-state index in [1.54, 1.807) is 0 Å². The highest BCUT2D eigenvalue weighted by molar-refractivity contribution is 5.84. The first-order valence-corrected chi connectivity index (χ1v) is 5.10. The zero-order valence-electron chi connectivity index (χ0n) is 8.80. The molecule has 0 N–H and O–H groups in total. The van der Waals surface area contributed by atoms with E-state index >= 15 is 0 Å². The minimum atomic E-state index is -0.373. The zero-order chi connectivity index (χ0) is 11.0. The van der Waals surface area contributed by atoms with E-state index in [1.807, 2.05) is 19.1 Å². The van der Waals surface area contributed by atoms with Gasteiger partial charge in [0.05, 0.1) is 18.9 Å². The molecule has 4 atom stereocenters. The van der Waals surface area contributed by atoms with Gasteiger partial charge in [0.25, 0.3) is 0 Å². The van der Waals surface area contributed by atoms with E-state index < -0.39 is 0 Å². The first kappa shape index (κ1) is 10.2. The van der Waals surface area contributed by atoms with E-state index in [0.717, 1.165) is 0 Å². The number of ether oxygens (including phenoxy) is 2. The predicted octanol–water partition coefficient (Wildman–Crippen LogP) is 0.913. The second-order valence-corrected chi connectivity index (χ2v) is 4.04. The lowest BCUT2D eigenvalue weighted by atomic mass is 9.75. The maximum Gasteiger partial charge on any atom is 0.310 e. The van der Waals surface area contributed by atoms with Gasteiger partial charge in [-0.3, -0.25) is 9.59 Å². The number of methoxy groups -OCH3 is 1. The van der Waals surface area contributed by atoms with Crippen LogP contribution in [0.4, 0.5) is 0 Å². The van der Waals surface area contributed by atoms with Crippen LogP contribution in [0.25, 0.3) is 0 Å². The summed E-state index contributed by atoms with van der Waals surface area (Å²) in [4.78, 5) is 23.1. The Hall–Kier alpha value is -1.32. The molecule has 1 fully saturated rings. The molecule has 0 unspecified atom stereocenters. The molecule has 4 nitrogen and oxygen atoms in total. The van der Waals surface area contributed by atoms with Crippen LogP contribution in [-0.4, -0.2) is 25.2 Å². The van der Waals surface area contributed by atoms with Crippen molar-refractivity contribution in [3.8, 4) is 0 Å². The number of carbonyl (C=O) groups excluding carboxylic acids is 2. The van der Waals surface area contributed by atoms with Crippen molar-refractivity contribution in [3.63, 3.8) is 0 Å². The van der Waals surface area contributed by atoms with Gasteiger partial charge in [-0.15, -0.1) is 0 Å². The van der Waals surface area contributed by atoms with Crippen molar-refractivity contribution >= 4 is 11.9 Å². The van der Waals surface area contributed by atoms with E-state index in [0.29, 0.717) is 6.42 Å². The lowest BCUT2D eigenvalue weighted by Crippen LogP contribution is -2.34. The van der Waals surface area contributed by atoms with Crippen LogP contribution in [0.3, 0.4) is 0 Å². The number of carbonyl (C=O) groups is 2. The first-order valence-electron chi connectivity index (χ1n) is 5.10. The maximum atomic E-state index is 11.6.